The van der Waals surface area contributed by atoms with Gasteiger partial charge in [-0.3, -0.25) is 14.9 Å². The van der Waals surface area contributed by atoms with Gasteiger partial charge in [-0.25, -0.2) is 9.69 Å². The molecule has 1 saturated heterocycles. The van der Waals surface area contributed by atoms with Crippen LogP contribution in [-0.4, -0.2) is 31.1 Å². The molecule has 1 heterocycles. The van der Waals surface area contributed by atoms with Gasteiger partial charge in [0.15, 0.2) is 0 Å². The fourth-order valence-electron chi connectivity index (χ4n) is 4.04. The smallest absolute Gasteiger partial charge is 0.335 e. The van der Waals surface area contributed by atoms with E-state index in [0.29, 0.717) is 42.4 Å². The quantitative estimate of drug-likeness (QED) is 0.404. The van der Waals surface area contributed by atoms with Gasteiger partial charge in [0.25, 0.3) is 11.8 Å². The Kier molecular flexibility index (Phi) is 6.63. The second-order valence-electron chi connectivity index (χ2n) is 7.67. The van der Waals surface area contributed by atoms with Gasteiger partial charge in [0.1, 0.15) is 17.1 Å². The summed E-state index contributed by atoms with van der Waals surface area (Å²) in [6, 6.07) is 15.7. The van der Waals surface area contributed by atoms with Gasteiger partial charge >= 0.3 is 6.03 Å². The first-order valence-electron chi connectivity index (χ1n) is 11.3. The molecule has 0 radical (unpaired) electrons. The Morgan fingerprint density at radius 3 is 2.38 bits per heavy atom. The van der Waals surface area contributed by atoms with Gasteiger partial charge in [0, 0.05) is 5.56 Å². The monoisotopic (exact) mass is 458 g/mol. The van der Waals surface area contributed by atoms with Crippen LogP contribution in [0.5, 0.6) is 11.5 Å². The number of amides is 4. The van der Waals surface area contributed by atoms with E-state index in [-0.39, 0.29) is 5.57 Å². The van der Waals surface area contributed by atoms with Crippen molar-refractivity contribution in [2.24, 2.45) is 0 Å². The average Bonchev–Trinajstić information content (AvgIpc) is 2.83. The molecule has 0 bridgehead atoms. The number of hydrogen-bond acceptors (Lipinski definition) is 5. The van der Waals surface area contributed by atoms with Crippen molar-refractivity contribution < 1.29 is 23.9 Å². The average molecular weight is 459 g/mol. The zero-order chi connectivity index (χ0) is 24.2. The standard InChI is InChI=1S/C27H26N2O5/c1-4-17-9-7-8-10-23(17)29-26(31)22(25(30)28-27(29)32)16-21-20-15-19(33-5-2)13-11-18(20)12-14-24(21)34-6-3/h7-16H,4-6H2,1-3H3,(H,28,30,32)/b22-16+. The largest absolute Gasteiger partial charge is 0.494 e. The summed E-state index contributed by atoms with van der Waals surface area (Å²) in [5.41, 5.74) is 1.69. The zero-order valence-electron chi connectivity index (χ0n) is 19.4. The van der Waals surface area contributed by atoms with E-state index in [2.05, 4.69) is 5.32 Å². The number of carbonyl (C=O) groups is 3. The van der Waals surface area contributed by atoms with E-state index in [9.17, 15) is 14.4 Å². The molecule has 7 nitrogen and oxygen atoms in total. The number of para-hydroxylation sites is 1. The third-order valence-corrected chi connectivity index (χ3v) is 5.61. The van der Waals surface area contributed by atoms with E-state index in [1.807, 2.05) is 57.2 Å². The van der Waals surface area contributed by atoms with Crippen LogP contribution >= 0.6 is 0 Å². The molecule has 4 rings (SSSR count). The zero-order valence-corrected chi connectivity index (χ0v) is 19.4. The molecule has 3 aromatic rings. The fourth-order valence-corrected chi connectivity index (χ4v) is 4.04. The van der Waals surface area contributed by atoms with Gasteiger partial charge < -0.3 is 9.47 Å². The maximum Gasteiger partial charge on any atom is 0.335 e. The Bertz CT molecular complexity index is 1310. The Hall–Kier alpha value is -4.13. The number of ether oxygens (including phenoxy) is 2. The lowest BCUT2D eigenvalue weighted by Crippen LogP contribution is -2.54. The van der Waals surface area contributed by atoms with Crippen LogP contribution in [0, 0.1) is 0 Å². The van der Waals surface area contributed by atoms with E-state index in [4.69, 9.17) is 9.47 Å². The lowest BCUT2D eigenvalue weighted by molar-refractivity contribution is -0.122. The summed E-state index contributed by atoms with van der Waals surface area (Å²) in [5, 5.41) is 3.97. The number of barbiturate groups is 1. The molecule has 0 unspecified atom stereocenters. The van der Waals surface area contributed by atoms with Crippen LogP contribution in [0.1, 0.15) is 31.9 Å². The number of aryl methyl sites for hydroxylation is 1. The van der Waals surface area contributed by atoms with Crippen molar-refractivity contribution >= 4 is 40.4 Å². The summed E-state index contributed by atoms with van der Waals surface area (Å²) in [4.78, 5) is 40.0. The summed E-state index contributed by atoms with van der Waals surface area (Å²) < 4.78 is 11.5. The van der Waals surface area contributed by atoms with Crippen LogP contribution in [0.3, 0.4) is 0 Å². The highest BCUT2D eigenvalue weighted by molar-refractivity contribution is 6.39. The lowest BCUT2D eigenvalue weighted by atomic mass is 9.99. The number of urea groups is 1. The van der Waals surface area contributed by atoms with Crippen LogP contribution in [0.25, 0.3) is 16.8 Å². The summed E-state index contributed by atoms with van der Waals surface area (Å²) in [5.74, 6) is -0.249. The van der Waals surface area contributed by atoms with Crippen LogP contribution in [0.15, 0.2) is 60.2 Å². The summed E-state index contributed by atoms with van der Waals surface area (Å²) in [6.07, 6.45) is 2.12. The molecule has 1 aliphatic heterocycles. The summed E-state index contributed by atoms with van der Waals surface area (Å²) in [7, 11) is 0. The van der Waals surface area contributed by atoms with Gasteiger partial charge in [0.2, 0.25) is 0 Å². The Morgan fingerprint density at radius 2 is 1.65 bits per heavy atom. The van der Waals surface area contributed by atoms with E-state index < -0.39 is 17.8 Å². The van der Waals surface area contributed by atoms with Crippen LogP contribution < -0.4 is 19.7 Å². The summed E-state index contributed by atoms with van der Waals surface area (Å²) >= 11 is 0. The molecule has 0 saturated carbocycles. The van der Waals surface area contributed by atoms with Crippen LogP contribution in [0.2, 0.25) is 0 Å². The first-order chi connectivity index (χ1) is 16.5. The Morgan fingerprint density at radius 1 is 0.912 bits per heavy atom. The minimum atomic E-state index is -0.769. The van der Waals surface area contributed by atoms with E-state index in [1.54, 1.807) is 18.2 Å². The third kappa shape index (κ3) is 4.24. The summed E-state index contributed by atoms with van der Waals surface area (Å²) in [6.45, 7) is 6.60. The molecule has 0 aliphatic carbocycles. The van der Waals surface area contributed by atoms with Gasteiger partial charge in [-0.1, -0.05) is 37.3 Å². The van der Waals surface area contributed by atoms with Crippen molar-refractivity contribution in [3.63, 3.8) is 0 Å². The van der Waals surface area contributed by atoms with E-state index in [0.717, 1.165) is 21.2 Å². The molecule has 0 atom stereocenters. The van der Waals surface area contributed by atoms with Crippen molar-refractivity contribution in [3.8, 4) is 11.5 Å². The van der Waals surface area contributed by atoms with Crippen molar-refractivity contribution in [2.45, 2.75) is 27.2 Å². The van der Waals surface area contributed by atoms with Crippen molar-refractivity contribution in [1.82, 2.24) is 5.32 Å². The van der Waals surface area contributed by atoms with Crippen LogP contribution in [-0.2, 0) is 16.0 Å². The number of rotatable bonds is 7. The molecule has 7 heteroatoms. The maximum absolute atomic E-state index is 13.5. The minimum absolute atomic E-state index is 0.152. The molecular weight excluding hydrogens is 432 g/mol. The van der Waals surface area contributed by atoms with Gasteiger partial charge in [-0.2, -0.15) is 0 Å². The number of carbonyl (C=O) groups excluding carboxylic acids is 3. The van der Waals surface area contributed by atoms with Crippen molar-refractivity contribution in [3.05, 3.63) is 71.3 Å². The number of fused-ring (bicyclic) bond motifs is 1. The predicted molar refractivity (Wildman–Crippen MR) is 131 cm³/mol. The number of nitrogens with zero attached hydrogens (tertiary/aromatic N) is 1. The lowest BCUT2D eigenvalue weighted by Gasteiger charge is -2.28. The molecule has 1 fully saturated rings. The minimum Gasteiger partial charge on any atom is -0.494 e. The SMILES string of the molecule is CCOc1ccc2ccc(OCC)c(/C=C3\C(=O)NC(=O)N(c4ccccc4CC)C3=O)c2c1. The van der Waals surface area contributed by atoms with Crippen molar-refractivity contribution in [2.75, 3.05) is 18.1 Å². The molecule has 3 aromatic carbocycles. The highest BCUT2D eigenvalue weighted by atomic mass is 16.5. The van der Waals surface area contributed by atoms with Crippen LogP contribution in [0.4, 0.5) is 10.5 Å². The molecule has 1 N–H and O–H groups in total. The first kappa shape index (κ1) is 23.0. The molecule has 1 aliphatic rings. The molecule has 4 amide bonds. The normalized spacial score (nSPS) is 15.1. The Labute approximate surface area is 198 Å². The second-order valence-corrected chi connectivity index (χ2v) is 7.67. The number of imide groups is 2. The highest BCUT2D eigenvalue weighted by Gasteiger charge is 2.37. The van der Waals surface area contributed by atoms with Gasteiger partial charge in [0.05, 0.1) is 18.9 Å². The molecule has 0 aromatic heterocycles. The van der Waals surface area contributed by atoms with E-state index >= 15 is 0 Å². The first-order valence-corrected chi connectivity index (χ1v) is 11.3. The molecular formula is C27H26N2O5. The van der Waals surface area contributed by atoms with E-state index in [1.165, 1.54) is 6.08 Å². The van der Waals surface area contributed by atoms with Gasteiger partial charge in [-0.05, 0) is 66.9 Å². The van der Waals surface area contributed by atoms with Gasteiger partial charge in [-0.15, -0.1) is 0 Å². The third-order valence-electron chi connectivity index (χ3n) is 5.61. The molecule has 0 spiro atoms. The number of hydrogen-bond donors (Lipinski definition) is 1. The highest BCUT2D eigenvalue weighted by Crippen LogP contribution is 2.34. The fraction of sp³-hybridized carbons (Fsp3) is 0.222. The number of benzene rings is 3. The molecule has 34 heavy (non-hydrogen) atoms. The predicted octanol–water partition coefficient (Wildman–Crippen LogP) is 4.87. The Balaban J connectivity index is 1.89. The van der Waals surface area contributed by atoms with Crippen molar-refractivity contribution in [1.29, 1.82) is 0 Å². The maximum atomic E-state index is 13.5. The topological polar surface area (TPSA) is 84.9 Å². The molecule has 174 valence electrons. The number of anilines is 1. The number of nitrogens with one attached hydrogen (secondary N) is 1. The second kappa shape index (κ2) is 9.79.